The van der Waals surface area contributed by atoms with E-state index in [2.05, 4.69) is 30.5 Å². The van der Waals surface area contributed by atoms with E-state index in [-0.39, 0.29) is 16.6 Å². The number of carbonyl (C=O) groups excluding carboxylic acids is 2. The quantitative estimate of drug-likeness (QED) is 0.291. The average molecular weight is 601 g/mol. The standard InChI is InChI=1S/C27H27Cl2N7O3S/c1-15-10-19(39-3)22(29)24(21(15)28)34-27(38)18-13-40-25-23(18)31-14-32-26(25)33-20-5-4-17(11-30-20)12-35-6-8-36(9-7-35)16(2)37/h4-5,10-11,13-14H,6-9,12H2,1-3H3,(H,34,38)(H,30,31,32,33). The minimum atomic E-state index is -0.404. The number of halogens is 2. The van der Waals surface area contributed by atoms with Gasteiger partial charge in [0.15, 0.2) is 5.82 Å². The molecule has 1 fully saturated rings. The Morgan fingerprint density at radius 2 is 1.88 bits per heavy atom. The van der Waals surface area contributed by atoms with Crippen molar-refractivity contribution in [3.05, 3.63) is 62.8 Å². The van der Waals surface area contributed by atoms with Crippen molar-refractivity contribution in [2.24, 2.45) is 0 Å². The molecule has 1 aliphatic rings. The Kier molecular flexibility index (Phi) is 8.36. The maximum atomic E-state index is 13.2. The fraction of sp³-hybridized carbons (Fsp3) is 0.296. The second kappa shape index (κ2) is 11.9. The summed E-state index contributed by atoms with van der Waals surface area (Å²) in [5, 5.41) is 8.33. The van der Waals surface area contributed by atoms with Gasteiger partial charge in [-0.05, 0) is 30.2 Å². The van der Waals surface area contributed by atoms with E-state index in [4.69, 9.17) is 27.9 Å². The van der Waals surface area contributed by atoms with E-state index in [1.165, 1.54) is 24.8 Å². The first-order valence-electron chi connectivity index (χ1n) is 12.5. The summed E-state index contributed by atoms with van der Waals surface area (Å²) in [5.74, 6) is 1.30. The normalized spacial score (nSPS) is 13.9. The van der Waals surface area contributed by atoms with Crippen molar-refractivity contribution in [2.75, 3.05) is 43.9 Å². The number of aromatic nitrogens is 3. The lowest BCUT2D eigenvalue weighted by Gasteiger charge is -2.34. The monoisotopic (exact) mass is 599 g/mol. The third kappa shape index (κ3) is 5.83. The van der Waals surface area contributed by atoms with E-state index in [1.54, 1.807) is 25.3 Å². The van der Waals surface area contributed by atoms with Crippen LogP contribution in [0.2, 0.25) is 10.0 Å². The van der Waals surface area contributed by atoms with Crippen molar-refractivity contribution in [2.45, 2.75) is 20.4 Å². The smallest absolute Gasteiger partial charge is 0.258 e. The molecular formula is C27H27Cl2N7O3S. The SMILES string of the molecule is COc1cc(C)c(Cl)c(NC(=O)c2csc3c(Nc4ccc(CN5CCN(C(C)=O)CC5)cn4)ncnc23)c1Cl. The highest BCUT2D eigenvalue weighted by Crippen LogP contribution is 2.41. The van der Waals surface area contributed by atoms with Gasteiger partial charge in [-0.1, -0.05) is 29.3 Å². The molecule has 0 spiro atoms. The number of piperazine rings is 1. The third-order valence-electron chi connectivity index (χ3n) is 6.70. The van der Waals surface area contributed by atoms with Crippen molar-refractivity contribution >= 4 is 73.9 Å². The number of ether oxygens (including phenoxy) is 1. The molecule has 208 valence electrons. The number of hydrogen-bond acceptors (Lipinski definition) is 9. The number of methoxy groups -OCH3 is 1. The Bertz CT molecular complexity index is 1570. The summed E-state index contributed by atoms with van der Waals surface area (Å²) in [4.78, 5) is 42.3. The Hall–Kier alpha value is -3.51. The van der Waals surface area contributed by atoms with Crippen LogP contribution in [-0.4, -0.2) is 69.9 Å². The van der Waals surface area contributed by atoms with Crippen molar-refractivity contribution in [3.63, 3.8) is 0 Å². The summed E-state index contributed by atoms with van der Waals surface area (Å²) < 4.78 is 6.01. The molecule has 2 amide bonds. The molecule has 1 aliphatic heterocycles. The molecule has 13 heteroatoms. The second-order valence-electron chi connectivity index (χ2n) is 9.36. The number of thiophene rings is 1. The highest BCUT2D eigenvalue weighted by atomic mass is 35.5. The Morgan fingerprint density at radius 3 is 2.55 bits per heavy atom. The molecule has 1 aromatic carbocycles. The zero-order chi connectivity index (χ0) is 28.4. The number of aryl methyl sites for hydroxylation is 1. The molecule has 10 nitrogen and oxygen atoms in total. The van der Waals surface area contributed by atoms with E-state index < -0.39 is 5.91 Å². The largest absolute Gasteiger partial charge is 0.495 e. The fourth-order valence-electron chi connectivity index (χ4n) is 4.47. The lowest BCUT2D eigenvalue weighted by molar-refractivity contribution is -0.130. The van der Waals surface area contributed by atoms with Crippen LogP contribution in [0.4, 0.5) is 17.3 Å². The number of nitrogens with zero attached hydrogens (tertiary/aromatic N) is 5. The number of nitrogens with one attached hydrogen (secondary N) is 2. The van der Waals surface area contributed by atoms with Crippen LogP contribution in [-0.2, 0) is 11.3 Å². The topological polar surface area (TPSA) is 113 Å². The van der Waals surface area contributed by atoms with Crippen LogP contribution in [0.3, 0.4) is 0 Å². The van der Waals surface area contributed by atoms with Gasteiger partial charge in [0.2, 0.25) is 5.91 Å². The number of pyridine rings is 1. The van der Waals surface area contributed by atoms with Crippen LogP contribution in [0, 0.1) is 6.92 Å². The average Bonchev–Trinajstić information content (AvgIpc) is 3.40. The number of hydrogen-bond donors (Lipinski definition) is 2. The molecule has 0 aliphatic carbocycles. The van der Waals surface area contributed by atoms with Gasteiger partial charge in [-0.3, -0.25) is 14.5 Å². The molecule has 3 aromatic heterocycles. The van der Waals surface area contributed by atoms with E-state index in [0.29, 0.717) is 38.2 Å². The molecular weight excluding hydrogens is 573 g/mol. The van der Waals surface area contributed by atoms with Gasteiger partial charge in [-0.25, -0.2) is 15.0 Å². The van der Waals surface area contributed by atoms with Crippen molar-refractivity contribution in [3.8, 4) is 5.75 Å². The minimum Gasteiger partial charge on any atom is -0.495 e. The van der Waals surface area contributed by atoms with Crippen LogP contribution in [0.15, 0.2) is 36.1 Å². The highest BCUT2D eigenvalue weighted by Gasteiger charge is 2.22. The Labute approximate surface area is 245 Å². The number of rotatable bonds is 7. The van der Waals surface area contributed by atoms with E-state index in [1.807, 2.05) is 23.2 Å². The number of carbonyl (C=O) groups is 2. The van der Waals surface area contributed by atoms with Crippen LogP contribution in [0.25, 0.3) is 10.2 Å². The first kappa shape index (κ1) is 28.0. The van der Waals surface area contributed by atoms with Gasteiger partial charge in [0.05, 0.1) is 33.6 Å². The number of benzene rings is 1. The van der Waals surface area contributed by atoms with E-state index in [9.17, 15) is 9.59 Å². The molecule has 0 radical (unpaired) electrons. The van der Waals surface area contributed by atoms with Crippen molar-refractivity contribution in [1.29, 1.82) is 0 Å². The van der Waals surface area contributed by atoms with Gasteiger partial charge in [-0.2, -0.15) is 0 Å². The second-order valence-corrected chi connectivity index (χ2v) is 11.0. The summed E-state index contributed by atoms with van der Waals surface area (Å²) in [6, 6.07) is 5.62. The van der Waals surface area contributed by atoms with Gasteiger partial charge in [0.25, 0.3) is 5.91 Å². The number of anilines is 3. The maximum Gasteiger partial charge on any atom is 0.258 e. The first-order valence-corrected chi connectivity index (χ1v) is 14.1. The van der Waals surface area contributed by atoms with Gasteiger partial charge in [0.1, 0.15) is 22.9 Å². The summed E-state index contributed by atoms with van der Waals surface area (Å²) >= 11 is 14.2. The summed E-state index contributed by atoms with van der Waals surface area (Å²) in [7, 11) is 1.50. The van der Waals surface area contributed by atoms with Crippen LogP contribution in [0.5, 0.6) is 5.75 Å². The fourth-order valence-corrected chi connectivity index (χ4v) is 5.93. The zero-order valence-corrected chi connectivity index (χ0v) is 24.5. The Balaban J connectivity index is 1.29. The summed E-state index contributed by atoms with van der Waals surface area (Å²) in [6.45, 7) is 7.33. The predicted molar refractivity (Wildman–Crippen MR) is 158 cm³/mol. The molecule has 0 bridgehead atoms. The van der Waals surface area contributed by atoms with Crippen LogP contribution >= 0.6 is 34.5 Å². The molecule has 5 rings (SSSR count). The first-order chi connectivity index (χ1) is 19.2. The number of amides is 2. The molecule has 4 aromatic rings. The Morgan fingerprint density at radius 1 is 1.10 bits per heavy atom. The molecule has 0 atom stereocenters. The molecule has 40 heavy (non-hydrogen) atoms. The van der Waals surface area contributed by atoms with Crippen LogP contribution < -0.4 is 15.4 Å². The summed E-state index contributed by atoms with van der Waals surface area (Å²) in [5.41, 5.74) is 2.94. The van der Waals surface area contributed by atoms with Gasteiger partial charge >= 0.3 is 0 Å². The van der Waals surface area contributed by atoms with E-state index in [0.717, 1.165) is 43.9 Å². The van der Waals surface area contributed by atoms with E-state index >= 15 is 0 Å². The number of fused-ring (bicyclic) bond motifs is 1. The molecule has 2 N–H and O–H groups in total. The molecule has 0 saturated carbocycles. The lowest BCUT2D eigenvalue weighted by Crippen LogP contribution is -2.47. The molecule has 1 saturated heterocycles. The third-order valence-corrected chi connectivity index (χ3v) is 8.54. The summed E-state index contributed by atoms with van der Waals surface area (Å²) in [6.07, 6.45) is 3.23. The molecule has 0 unspecified atom stereocenters. The van der Waals surface area contributed by atoms with Gasteiger partial charge in [-0.15, -0.1) is 11.3 Å². The highest BCUT2D eigenvalue weighted by molar-refractivity contribution is 7.18. The van der Waals surface area contributed by atoms with Crippen molar-refractivity contribution < 1.29 is 14.3 Å². The van der Waals surface area contributed by atoms with Crippen molar-refractivity contribution in [1.82, 2.24) is 24.8 Å². The van der Waals surface area contributed by atoms with Crippen LogP contribution in [0.1, 0.15) is 28.4 Å². The molecule has 4 heterocycles. The van der Waals surface area contributed by atoms with Gasteiger partial charge in [0, 0.05) is 51.2 Å². The maximum absolute atomic E-state index is 13.2. The minimum absolute atomic E-state index is 0.120. The predicted octanol–water partition coefficient (Wildman–Crippen LogP) is 5.37. The zero-order valence-electron chi connectivity index (χ0n) is 22.1. The lowest BCUT2D eigenvalue weighted by atomic mass is 10.2. The van der Waals surface area contributed by atoms with Gasteiger partial charge < -0.3 is 20.3 Å².